The molecule has 98 valence electrons. The molecule has 0 radical (unpaired) electrons. The van der Waals surface area contributed by atoms with Gasteiger partial charge in [-0.1, -0.05) is 20.8 Å². The molecule has 0 aliphatic heterocycles. The average molecular weight is 231 g/mol. The number of ether oxygens (including phenoxy) is 2. The van der Waals surface area contributed by atoms with Crippen molar-refractivity contribution >= 4 is 0 Å². The van der Waals surface area contributed by atoms with Crippen molar-refractivity contribution in [2.45, 2.75) is 47.1 Å². The minimum atomic E-state index is -0.0668. The van der Waals surface area contributed by atoms with Gasteiger partial charge in [0.2, 0.25) is 0 Å². The molecule has 0 bridgehead atoms. The van der Waals surface area contributed by atoms with Crippen molar-refractivity contribution in [3.05, 3.63) is 0 Å². The molecule has 0 fully saturated rings. The lowest BCUT2D eigenvalue weighted by Gasteiger charge is -2.25. The van der Waals surface area contributed by atoms with Crippen LogP contribution in [0.15, 0.2) is 0 Å². The van der Waals surface area contributed by atoms with Crippen LogP contribution < -0.4 is 5.32 Å². The van der Waals surface area contributed by atoms with Gasteiger partial charge < -0.3 is 14.8 Å². The smallest absolute Gasteiger partial charge is 0.0707 e. The third-order valence-electron chi connectivity index (χ3n) is 2.11. The standard InChI is InChI=1S/C13H29NO2/c1-7-14-10-13(5,6)11-15-8-9-16-12(2,3)4/h14H,7-11H2,1-6H3. The molecular weight excluding hydrogens is 202 g/mol. The Bertz CT molecular complexity index is 173. The quantitative estimate of drug-likeness (QED) is 0.651. The van der Waals surface area contributed by atoms with Gasteiger partial charge in [0.25, 0.3) is 0 Å². The SMILES string of the molecule is CCNCC(C)(C)COCCOC(C)(C)C. The zero-order valence-electron chi connectivity index (χ0n) is 11.9. The van der Waals surface area contributed by atoms with E-state index in [0.29, 0.717) is 13.2 Å². The van der Waals surface area contributed by atoms with Crippen molar-refractivity contribution in [2.75, 3.05) is 32.9 Å². The zero-order chi connectivity index (χ0) is 12.7. The highest BCUT2D eigenvalue weighted by Crippen LogP contribution is 2.14. The Morgan fingerprint density at radius 2 is 1.62 bits per heavy atom. The summed E-state index contributed by atoms with van der Waals surface area (Å²) < 4.78 is 11.2. The summed E-state index contributed by atoms with van der Waals surface area (Å²) in [5.74, 6) is 0. The first-order valence-corrected chi connectivity index (χ1v) is 6.19. The molecule has 0 amide bonds. The van der Waals surface area contributed by atoms with Gasteiger partial charge in [0.1, 0.15) is 0 Å². The van der Waals surface area contributed by atoms with E-state index in [4.69, 9.17) is 9.47 Å². The maximum atomic E-state index is 5.63. The molecule has 0 heterocycles. The second-order valence-electron chi connectivity index (χ2n) is 5.96. The lowest BCUT2D eigenvalue weighted by atomic mass is 9.95. The van der Waals surface area contributed by atoms with Crippen LogP contribution in [0.25, 0.3) is 0 Å². The largest absolute Gasteiger partial charge is 0.378 e. The highest BCUT2D eigenvalue weighted by Gasteiger charge is 2.17. The second kappa shape index (κ2) is 7.25. The zero-order valence-corrected chi connectivity index (χ0v) is 11.9. The summed E-state index contributed by atoms with van der Waals surface area (Å²) in [7, 11) is 0. The molecule has 0 aromatic carbocycles. The van der Waals surface area contributed by atoms with Gasteiger partial charge in [-0.2, -0.15) is 0 Å². The highest BCUT2D eigenvalue weighted by atomic mass is 16.5. The van der Waals surface area contributed by atoms with Crippen LogP contribution in [-0.4, -0.2) is 38.5 Å². The van der Waals surface area contributed by atoms with Crippen molar-refractivity contribution in [1.29, 1.82) is 0 Å². The summed E-state index contributed by atoms with van der Waals surface area (Å²) in [5.41, 5.74) is 0.125. The van der Waals surface area contributed by atoms with Gasteiger partial charge in [0.15, 0.2) is 0 Å². The lowest BCUT2D eigenvalue weighted by molar-refractivity contribution is -0.0451. The van der Waals surface area contributed by atoms with E-state index in [1.54, 1.807) is 0 Å². The van der Waals surface area contributed by atoms with Crippen molar-refractivity contribution < 1.29 is 9.47 Å². The first kappa shape index (κ1) is 15.9. The molecule has 3 nitrogen and oxygen atoms in total. The monoisotopic (exact) mass is 231 g/mol. The summed E-state index contributed by atoms with van der Waals surface area (Å²) in [6.07, 6.45) is 0. The molecule has 0 aromatic rings. The molecule has 0 rings (SSSR count). The maximum absolute atomic E-state index is 5.63. The van der Waals surface area contributed by atoms with Crippen LogP contribution in [0.3, 0.4) is 0 Å². The first-order chi connectivity index (χ1) is 7.27. The van der Waals surface area contributed by atoms with Crippen LogP contribution in [0.1, 0.15) is 41.5 Å². The van der Waals surface area contributed by atoms with E-state index in [9.17, 15) is 0 Å². The Kier molecular flexibility index (Phi) is 7.20. The Balaban J connectivity index is 3.50. The fourth-order valence-corrected chi connectivity index (χ4v) is 1.27. The van der Waals surface area contributed by atoms with Gasteiger partial charge in [-0.3, -0.25) is 0 Å². The summed E-state index contributed by atoms with van der Waals surface area (Å²) in [4.78, 5) is 0. The summed E-state index contributed by atoms with van der Waals surface area (Å²) >= 11 is 0. The van der Waals surface area contributed by atoms with Crippen LogP contribution in [0.5, 0.6) is 0 Å². The fourth-order valence-electron chi connectivity index (χ4n) is 1.27. The molecule has 0 unspecified atom stereocenters. The van der Waals surface area contributed by atoms with Crippen LogP contribution in [0.4, 0.5) is 0 Å². The molecule has 16 heavy (non-hydrogen) atoms. The van der Waals surface area contributed by atoms with Crippen molar-refractivity contribution in [3.63, 3.8) is 0 Å². The molecule has 0 spiro atoms. The number of rotatable bonds is 8. The van der Waals surface area contributed by atoms with Crippen molar-refractivity contribution in [2.24, 2.45) is 5.41 Å². The summed E-state index contributed by atoms with van der Waals surface area (Å²) in [6, 6.07) is 0. The number of hydrogen-bond donors (Lipinski definition) is 1. The minimum Gasteiger partial charge on any atom is -0.378 e. The van der Waals surface area contributed by atoms with Crippen LogP contribution in [0, 0.1) is 5.41 Å². The Labute approximate surface area is 101 Å². The van der Waals surface area contributed by atoms with Crippen molar-refractivity contribution in [1.82, 2.24) is 5.32 Å². The number of hydrogen-bond acceptors (Lipinski definition) is 3. The van der Waals surface area contributed by atoms with Crippen LogP contribution in [0.2, 0.25) is 0 Å². The van der Waals surface area contributed by atoms with Crippen LogP contribution in [-0.2, 0) is 9.47 Å². The van der Waals surface area contributed by atoms with E-state index in [-0.39, 0.29) is 11.0 Å². The molecule has 0 aliphatic rings. The van der Waals surface area contributed by atoms with Gasteiger partial charge in [-0.15, -0.1) is 0 Å². The van der Waals surface area contributed by atoms with E-state index in [1.165, 1.54) is 0 Å². The molecule has 3 heteroatoms. The van der Waals surface area contributed by atoms with E-state index in [1.807, 2.05) is 0 Å². The molecular formula is C13H29NO2. The van der Waals surface area contributed by atoms with Gasteiger partial charge >= 0.3 is 0 Å². The summed E-state index contributed by atoms with van der Waals surface area (Å²) in [6.45, 7) is 16.8. The Morgan fingerprint density at radius 1 is 1.00 bits per heavy atom. The Hall–Kier alpha value is -0.120. The van der Waals surface area contributed by atoms with Gasteiger partial charge in [0.05, 0.1) is 25.4 Å². The summed E-state index contributed by atoms with van der Waals surface area (Å²) in [5, 5.41) is 3.34. The predicted molar refractivity (Wildman–Crippen MR) is 68.8 cm³/mol. The van der Waals surface area contributed by atoms with Gasteiger partial charge in [0, 0.05) is 12.0 Å². The molecule has 0 atom stereocenters. The first-order valence-electron chi connectivity index (χ1n) is 6.19. The maximum Gasteiger partial charge on any atom is 0.0707 e. The average Bonchev–Trinajstić information content (AvgIpc) is 2.12. The third-order valence-corrected chi connectivity index (χ3v) is 2.11. The molecule has 0 aliphatic carbocycles. The third kappa shape index (κ3) is 10.4. The van der Waals surface area contributed by atoms with E-state index in [0.717, 1.165) is 19.7 Å². The van der Waals surface area contributed by atoms with Gasteiger partial charge in [-0.05, 0) is 27.3 Å². The topological polar surface area (TPSA) is 30.5 Å². The van der Waals surface area contributed by atoms with Crippen LogP contribution >= 0.6 is 0 Å². The second-order valence-corrected chi connectivity index (χ2v) is 5.96. The molecule has 0 saturated heterocycles. The predicted octanol–water partition coefficient (Wildman–Crippen LogP) is 2.45. The normalized spacial score (nSPS) is 13.1. The van der Waals surface area contributed by atoms with E-state index < -0.39 is 0 Å². The molecule has 0 aromatic heterocycles. The highest BCUT2D eigenvalue weighted by molar-refractivity contribution is 4.70. The molecule has 0 saturated carbocycles. The van der Waals surface area contributed by atoms with E-state index in [2.05, 4.69) is 46.9 Å². The lowest BCUT2D eigenvalue weighted by Crippen LogP contribution is -2.33. The fraction of sp³-hybridized carbons (Fsp3) is 1.00. The molecule has 1 N–H and O–H groups in total. The Morgan fingerprint density at radius 3 is 2.12 bits per heavy atom. The van der Waals surface area contributed by atoms with Crippen molar-refractivity contribution in [3.8, 4) is 0 Å². The van der Waals surface area contributed by atoms with E-state index >= 15 is 0 Å². The minimum absolute atomic E-state index is 0.0668. The number of nitrogens with one attached hydrogen (secondary N) is 1. The van der Waals surface area contributed by atoms with Gasteiger partial charge in [-0.25, -0.2) is 0 Å².